The second-order valence-corrected chi connectivity index (χ2v) is 5.04. The predicted molar refractivity (Wildman–Crippen MR) is 90.2 cm³/mol. The molecule has 1 N–H and O–H groups in total. The van der Waals surface area contributed by atoms with Crippen molar-refractivity contribution in [2.24, 2.45) is 5.10 Å². The number of rotatable bonds is 6. The largest absolute Gasteiger partial charge is 0.493 e. The van der Waals surface area contributed by atoms with E-state index in [1.165, 1.54) is 6.21 Å². The van der Waals surface area contributed by atoms with E-state index in [0.717, 1.165) is 16.7 Å². The average Bonchev–Trinajstić information content (AvgIpc) is 2.56. The van der Waals surface area contributed by atoms with E-state index in [0.29, 0.717) is 11.5 Å². The van der Waals surface area contributed by atoms with Crippen molar-refractivity contribution < 1.29 is 14.3 Å². The van der Waals surface area contributed by atoms with Gasteiger partial charge in [0.15, 0.2) is 11.5 Å². The number of para-hydroxylation sites is 1. The molecule has 120 valence electrons. The van der Waals surface area contributed by atoms with Gasteiger partial charge in [-0.15, -0.1) is 0 Å². The van der Waals surface area contributed by atoms with E-state index >= 15 is 0 Å². The molecule has 0 aliphatic carbocycles. The molecule has 2 rings (SSSR count). The fourth-order valence-electron chi connectivity index (χ4n) is 2.12. The zero-order valence-corrected chi connectivity index (χ0v) is 13.5. The second kappa shape index (κ2) is 7.98. The van der Waals surface area contributed by atoms with E-state index in [1.54, 1.807) is 20.3 Å². The van der Waals surface area contributed by atoms with Crippen molar-refractivity contribution in [3.8, 4) is 11.5 Å². The van der Waals surface area contributed by atoms with Crippen molar-refractivity contribution in [2.75, 3.05) is 14.2 Å². The van der Waals surface area contributed by atoms with Crippen LogP contribution in [0.1, 0.15) is 16.7 Å². The number of nitrogens with one attached hydrogen (secondary N) is 1. The fourth-order valence-corrected chi connectivity index (χ4v) is 2.12. The van der Waals surface area contributed by atoms with E-state index in [2.05, 4.69) is 10.5 Å². The van der Waals surface area contributed by atoms with Gasteiger partial charge in [-0.3, -0.25) is 4.79 Å². The Balaban J connectivity index is 1.98. The first-order valence-electron chi connectivity index (χ1n) is 7.22. The highest BCUT2D eigenvalue weighted by molar-refractivity contribution is 5.86. The number of nitrogens with zero attached hydrogens (tertiary/aromatic N) is 1. The highest BCUT2D eigenvalue weighted by Gasteiger charge is 2.07. The summed E-state index contributed by atoms with van der Waals surface area (Å²) < 4.78 is 10.5. The van der Waals surface area contributed by atoms with Crippen LogP contribution in [0.5, 0.6) is 11.5 Å². The Labute approximate surface area is 135 Å². The maximum Gasteiger partial charge on any atom is 0.244 e. The van der Waals surface area contributed by atoms with Crippen LogP contribution in [0.25, 0.3) is 0 Å². The molecule has 0 fully saturated rings. The van der Waals surface area contributed by atoms with E-state index in [1.807, 2.05) is 43.3 Å². The van der Waals surface area contributed by atoms with E-state index in [-0.39, 0.29) is 12.3 Å². The summed E-state index contributed by atoms with van der Waals surface area (Å²) in [6, 6.07) is 13.3. The summed E-state index contributed by atoms with van der Waals surface area (Å²) in [6.07, 6.45) is 1.82. The third-order valence-electron chi connectivity index (χ3n) is 3.31. The minimum absolute atomic E-state index is 0.174. The minimum atomic E-state index is -0.174. The van der Waals surface area contributed by atoms with Gasteiger partial charge in [0.05, 0.1) is 26.9 Å². The molecule has 0 bridgehead atoms. The number of ether oxygens (including phenoxy) is 2. The maximum atomic E-state index is 11.9. The molecular weight excluding hydrogens is 292 g/mol. The molecule has 0 aliphatic heterocycles. The van der Waals surface area contributed by atoms with Crippen LogP contribution >= 0.6 is 0 Å². The zero-order valence-electron chi connectivity index (χ0n) is 13.5. The predicted octanol–water partition coefficient (Wildman–Crippen LogP) is 2.71. The standard InChI is InChI=1S/C18H20N2O3/c1-13-7-9-14(10-8-13)11-17(21)20-19-12-15-5-4-6-16(22-2)18(15)23-3/h4-10,12H,11H2,1-3H3,(H,20,21)/b19-12+. The lowest BCUT2D eigenvalue weighted by Crippen LogP contribution is -2.19. The van der Waals surface area contributed by atoms with Gasteiger partial charge in [0.1, 0.15) is 0 Å². The number of amides is 1. The van der Waals surface area contributed by atoms with Gasteiger partial charge in [-0.1, -0.05) is 35.9 Å². The van der Waals surface area contributed by atoms with Crippen molar-refractivity contribution in [1.29, 1.82) is 0 Å². The lowest BCUT2D eigenvalue weighted by atomic mass is 10.1. The monoisotopic (exact) mass is 312 g/mol. The summed E-state index contributed by atoms with van der Waals surface area (Å²) in [5.74, 6) is 1.01. The number of hydrogen-bond donors (Lipinski definition) is 1. The highest BCUT2D eigenvalue weighted by atomic mass is 16.5. The van der Waals surface area contributed by atoms with E-state index in [4.69, 9.17) is 9.47 Å². The molecule has 0 saturated heterocycles. The number of hydrazone groups is 1. The molecule has 23 heavy (non-hydrogen) atoms. The SMILES string of the molecule is COc1cccc(/C=N/NC(=O)Cc2ccc(C)cc2)c1OC. The summed E-state index contributed by atoms with van der Waals surface area (Å²) in [5, 5.41) is 3.98. The third kappa shape index (κ3) is 4.57. The van der Waals surface area contributed by atoms with Crippen LogP contribution in [0, 0.1) is 6.92 Å². The molecule has 2 aromatic carbocycles. The zero-order chi connectivity index (χ0) is 16.7. The highest BCUT2D eigenvalue weighted by Crippen LogP contribution is 2.29. The molecule has 0 heterocycles. The molecule has 0 spiro atoms. The average molecular weight is 312 g/mol. The Kier molecular flexibility index (Phi) is 5.74. The molecule has 0 radical (unpaired) electrons. The number of methoxy groups -OCH3 is 2. The van der Waals surface area contributed by atoms with Gasteiger partial charge in [0.2, 0.25) is 5.91 Å². The number of aryl methyl sites for hydroxylation is 1. The summed E-state index contributed by atoms with van der Waals surface area (Å²) in [5.41, 5.74) is 5.35. The first-order chi connectivity index (χ1) is 11.1. The van der Waals surface area contributed by atoms with Crippen LogP contribution in [0.3, 0.4) is 0 Å². The Bertz CT molecular complexity index is 694. The van der Waals surface area contributed by atoms with Crippen molar-refractivity contribution in [3.63, 3.8) is 0 Å². The molecule has 0 unspecified atom stereocenters. The van der Waals surface area contributed by atoms with Crippen molar-refractivity contribution in [3.05, 3.63) is 59.2 Å². The van der Waals surface area contributed by atoms with Gasteiger partial charge in [0, 0.05) is 5.56 Å². The maximum absolute atomic E-state index is 11.9. The molecule has 0 saturated carbocycles. The summed E-state index contributed by atoms with van der Waals surface area (Å²) in [4.78, 5) is 11.9. The summed E-state index contributed by atoms with van der Waals surface area (Å²) >= 11 is 0. The normalized spacial score (nSPS) is 10.6. The summed E-state index contributed by atoms with van der Waals surface area (Å²) in [6.45, 7) is 2.01. The van der Waals surface area contributed by atoms with Gasteiger partial charge in [-0.05, 0) is 24.6 Å². The topological polar surface area (TPSA) is 59.9 Å². The molecule has 0 aliphatic rings. The van der Waals surface area contributed by atoms with Crippen LogP contribution in [0.4, 0.5) is 0 Å². The van der Waals surface area contributed by atoms with Crippen LogP contribution < -0.4 is 14.9 Å². The van der Waals surface area contributed by atoms with E-state index in [9.17, 15) is 4.79 Å². The van der Waals surface area contributed by atoms with Gasteiger partial charge in [-0.2, -0.15) is 5.10 Å². The van der Waals surface area contributed by atoms with Crippen molar-refractivity contribution in [2.45, 2.75) is 13.3 Å². The lowest BCUT2D eigenvalue weighted by molar-refractivity contribution is -0.120. The molecular formula is C18H20N2O3. The molecule has 2 aromatic rings. The fraction of sp³-hybridized carbons (Fsp3) is 0.222. The molecule has 0 aromatic heterocycles. The Hall–Kier alpha value is -2.82. The number of benzene rings is 2. The second-order valence-electron chi connectivity index (χ2n) is 5.04. The molecule has 5 heteroatoms. The first-order valence-corrected chi connectivity index (χ1v) is 7.22. The molecule has 1 amide bonds. The number of hydrogen-bond acceptors (Lipinski definition) is 4. The van der Waals surface area contributed by atoms with E-state index < -0.39 is 0 Å². The van der Waals surface area contributed by atoms with Crippen LogP contribution in [0.15, 0.2) is 47.6 Å². The molecule has 5 nitrogen and oxygen atoms in total. The smallest absolute Gasteiger partial charge is 0.244 e. The Morgan fingerprint density at radius 3 is 2.52 bits per heavy atom. The van der Waals surface area contributed by atoms with Gasteiger partial charge >= 0.3 is 0 Å². The number of carbonyl (C=O) groups is 1. The number of carbonyl (C=O) groups excluding carboxylic acids is 1. The minimum Gasteiger partial charge on any atom is -0.493 e. The van der Waals surface area contributed by atoms with Gasteiger partial charge in [-0.25, -0.2) is 5.43 Å². The summed E-state index contributed by atoms with van der Waals surface area (Å²) in [7, 11) is 3.13. The first kappa shape index (κ1) is 16.5. The quantitative estimate of drug-likeness (QED) is 0.659. The Morgan fingerprint density at radius 1 is 1.13 bits per heavy atom. The van der Waals surface area contributed by atoms with Gasteiger partial charge in [0.25, 0.3) is 0 Å². The van der Waals surface area contributed by atoms with Crippen LogP contribution in [-0.2, 0) is 11.2 Å². The third-order valence-corrected chi connectivity index (χ3v) is 3.31. The van der Waals surface area contributed by atoms with Crippen molar-refractivity contribution in [1.82, 2.24) is 5.43 Å². The van der Waals surface area contributed by atoms with Crippen LogP contribution in [-0.4, -0.2) is 26.3 Å². The van der Waals surface area contributed by atoms with Gasteiger partial charge < -0.3 is 9.47 Å². The van der Waals surface area contributed by atoms with Crippen LogP contribution in [0.2, 0.25) is 0 Å². The lowest BCUT2D eigenvalue weighted by Gasteiger charge is -2.09. The van der Waals surface area contributed by atoms with Crippen molar-refractivity contribution >= 4 is 12.1 Å². The molecule has 0 atom stereocenters. The Morgan fingerprint density at radius 2 is 1.87 bits per heavy atom.